The molecule has 33 heavy (non-hydrogen) atoms. The lowest BCUT2D eigenvalue weighted by molar-refractivity contribution is -0.142. The normalized spacial score (nSPS) is 24.6. The first-order valence-corrected chi connectivity index (χ1v) is 11.6. The summed E-state index contributed by atoms with van der Waals surface area (Å²) < 4.78 is 41.8. The number of aromatic nitrogens is 2. The zero-order chi connectivity index (χ0) is 23.5. The first-order valence-electron chi connectivity index (χ1n) is 11.3. The van der Waals surface area contributed by atoms with Crippen molar-refractivity contribution in [3.8, 4) is 0 Å². The number of carbonyl (C=O) groups excluding carboxylic acids is 2. The SMILES string of the molecule is N[C@H]1CC[C@H](N2CCN(C(=O)c3nn4c(C(F)(F)F)cc(C5CC5)cc4c3Cl)CC2=O)CC1. The first-order chi connectivity index (χ1) is 15.6. The number of halogens is 4. The zero-order valence-corrected chi connectivity index (χ0v) is 18.7. The molecule has 2 N–H and O–H groups in total. The summed E-state index contributed by atoms with van der Waals surface area (Å²) in [5.41, 5.74) is 5.33. The maximum Gasteiger partial charge on any atom is 0.433 e. The second kappa shape index (κ2) is 8.16. The van der Waals surface area contributed by atoms with Crippen LogP contribution in [-0.2, 0) is 11.0 Å². The number of pyridine rings is 1. The Hall–Kier alpha value is -2.33. The fraction of sp³-hybridized carbons (Fsp3) is 0.591. The molecule has 0 aromatic carbocycles. The van der Waals surface area contributed by atoms with E-state index >= 15 is 0 Å². The number of hydrogen-bond acceptors (Lipinski definition) is 4. The van der Waals surface area contributed by atoms with E-state index in [1.807, 2.05) is 0 Å². The molecule has 2 amide bonds. The van der Waals surface area contributed by atoms with Crippen LogP contribution in [0.4, 0.5) is 13.2 Å². The molecule has 1 saturated heterocycles. The van der Waals surface area contributed by atoms with Crippen LogP contribution in [0.25, 0.3) is 5.52 Å². The molecule has 2 saturated carbocycles. The van der Waals surface area contributed by atoms with E-state index in [4.69, 9.17) is 17.3 Å². The first kappa shape index (κ1) is 22.5. The predicted molar refractivity (Wildman–Crippen MR) is 115 cm³/mol. The van der Waals surface area contributed by atoms with E-state index in [0.29, 0.717) is 16.6 Å². The molecule has 2 aromatic heterocycles. The Bertz CT molecular complexity index is 1110. The van der Waals surface area contributed by atoms with Crippen molar-refractivity contribution in [2.75, 3.05) is 19.6 Å². The van der Waals surface area contributed by atoms with Crippen molar-refractivity contribution in [2.45, 2.75) is 62.7 Å². The van der Waals surface area contributed by atoms with Gasteiger partial charge in [0.2, 0.25) is 5.91 Å². The molecule has 0 bridgehead atoms. The molecule has 5 rings (SSSR count). The molecule has 3 fully saturated rings. The van der Waals surface area contributed by atoms with Crippen molar-refractivity contribution >= 4 is 28.9 Å². The van der Waals surface area contributed by atoms with E-state index in [-0.39, 0.29) is 53.2 Å². The van der Waals surface area contributed by atoms with Crippen LogP contribution in [0.3, 0.4) is 0 Å². The van der Waals surface area contributed by atoms with Crippen LogP contribution in [0, 0.1) is 0 Å². The summed E-state index contributed by atoms with van der Waals surface area (Å²) in [6.07, 6.45) is 0.388. The maximum atomic E-state index is 13.7. The summed E-state index contributed by atoms with van der Waals surface area (Å²) in [6.45, 7) is 0.497. The number of rotatable bonds is 3. The van der Waals surface area contributed by atoms with Crippen molar-refractivity contribution in [3.63, 3.8) is 0 Å². The lowest BCUT2D eigenvalue weighted by Crippen LogP contribution is -2.56. The maximum absolute atomic E-state index is 13.7. The van der Waals surface area contributed by atoms with Crippen LogP contribution in [0.15, 0.2) is 12.1 Å². The topological polar surface area (TPSA) is 83.9 Å². The molecular weight excluding hydrogens is 459 g/mol. The molecule has 2 aliphatic carbocycles. The lowest BCUT2D eigenvalue weighted by Gasteiger charge is -2.41. The monoisotopic (exact) mass is 483 g/mol. The van der Waals surface area contributed by atoms with Gasteiger partial charge in [-0.25, -0.2) is 4.52 Å². The Balaban J connectivity index is 1.40. The van der Waals surface area contributed by atoms with Gasteiger partial charge in [0.25, 0.3) is 5.91 Å². The molecule has 0 radical (unpaired) electrons. The molecular formula is C22H25ClF3N5O2. The molecule has 1 aliphatic heterocycles. The summed E-state index contributed by atoms with van der Waals surface area (Å²) in [5.74, 6) is -0.744. The third-order valence-corrected chi connectivity index (χ3v) is 7.34. The minimum absolute atomic E-state index is 0.0558. The van der Waals surface area contributed by atoms with Crippen molar-refractivity contribution in [1.29, 1.82) is 0 Å². The van der Waals surface area contributed by atoms with Gasteiger partial charge in [-0.05, 0) is 62.1 Å². The van der Waals surface area contributed by atoms with E-state index in [1.54, 1.807) is 11.0 Å². The fourth-order valence-electron chi connectivity index (χ4n) is 4.94. The highest BCUT2D eigenvalue weighted by molar-refractivity contribution is 6.36. The fourth-order valence-corrected chi connectivity index (χ4v) is 5.19. The summed E-state index contributed by atoms with van der Waals surface area (Å²) in [7, 11) is 0. The minimum Gasteiger partial charge on any atom is -0.336 e. The second-order valence-electron chi connectivity index (χ2n) is 9.29. The summed E-state index contributed by atoms with van der Waals surface area (Å²) in [6, 6.07) is 2.94. The van der Waals surface area contributed by atoms with Gasteiger partial charge in [-0.3, -0.25) is 9.59 Å². The van der Waals surface area contributed by atoms with Crippen molar-refractivity contribution in [2.24, 2.45) is 5.73 Å². The van der Waals surface area contributed by atoms with Crippen LogP contribution in [0.2, 0.25) is 5.02 Å². The van der Waals surface area contributed by atoms with E-state index < -0.39 is 17.8 Å². The van der Waals surface area contributed by atoms with Gasteiger partial charge in [-0.1, -0.05) is 11.6 Å². The average Bonchev–Trinajstić information content (AvgIpc) is 3.57. The number of hydrogen-bond donors (Lipinski definition) is 1. The summed E-state index contributed by atoms with van der Waals surface area (Å²) in [4.78, 5) is 29.0. The highest BCUT2D eigenvalue weighted by atomic mass is 35.5. The number of fused-ring (bicyclic) bond motifs is 1. The highest BCUT2D eigenvalue weighted by Crippen LogP contribution is 2.43. The molecule has 2 aromatic rings. The Kier molecular flexibility index (Phi) is 5.55. The standard InChI is InChI=1S/C22H25ClF3N5O2/c23-19-16-9-13(12-1-2-12)10-17(22(24,25)26)31(16)28-20(19)21(33)29-7-8-30(18(32)11-29)15-5-3-14(27)4-6-15/h9-10,12,14-15H,1-8,11,27H2/t14-,15-. The third-order valence-electron chi connectivity index (χ3n) is 6.96. The third kappa shape index (κ3) is 4.19. The Labute approximate surface area is 193 Å². The number of nitrogens with two attached hydrogens (primary N) is 1. The van der Waals surface area contributed by atoms with Crippen molar-refractivity contribution in [1.82, 2.24) is 19.4 Å². The highest BCUT2D eigenvalue weighted by Gasteiger charge is 2.39. The van der Waals surface area contributed by atoms with Gasteiger partial charge in [0.1, 0.15) is 12.2 Å². The van der Waals surface area contributed by atoms with Gasteiger partial charge in [0.15, 0.2) is 5.69 Å². The van der Waals surface area contributed by atoms with Crippen LogP contribution in [-0.4, -0.2) is 62.9 Å². The van der Waals surface area contributed by atoms with Gasteiger partial charge < -0.3 is 15.5 Å². The molecule has 3 heterocycles. The Morgan fingerprint density at radius 1 is 1.09 bits per heavy atom. The van der Waals surface area contributed by atoms with E-state index in [0.717, 1.165) is 44.6 Å². The average molecular weight is 484 g/mol. The quantitative estimate of drug-likeness (QED) is 0.725. The predicted octanol–water partition coefficient (Wildman–Crippen LogP) is 3.44. The smallest absolute Gasteiger partial charge is 0.336 e. The van der Waals surface area contributed by atoms with Gasteiger partial charge >= 0.3 is 6.18 Å². The van der Waals surface area contributed by atoms with Crippen LogP contribution >= 0.6 is 11.6 Å². The van der Waals surface area contributed by atoms with Gasteiger partial charge in [-0.2, -0.15) is 18.3 Å². The molecule has 0 spiro atoms. The molecule has 11 heteroatoms. The van der Waals surface area contributed by atoms with Crippen molar-refractivity contribution < 1.29 is 22.8 Å². The summed E-state index contributed by atoms with van der Waals surface area (Å²) in [5, 5.41) is 3.83. The Morgan fingerprint density at radius 3 is 2.39 bits per heavy atom. The molecule has 7 nitrogen and oxygen atoms in total. The number of nitrogens with zero attached hydrogens (tertiary/aromatic N) is 4. The molecule has 0 atom stereocenters. The molecule has 3 aliphatic rings. The zero-order valence-electron chi connectivity index (χ0n) is 17.9. The number of amides is 2. The largest absolute Gasteiger partial charge is 0.433 e. The minimum atomic E-state index is -4.65. The number of piperazine rings is 1. The second-order valence-corrected chi connectivity index (χ2v) is 9.67. The van der Waals surface area contributed by atoms with Crippen LogP contribution < -0.4 is 5.73 Å². The molecule has 178 valence electrons. The van der Waals surface area contributed by atoms with E-state index in [1.165, 1.54) is 4.90 Å². The molecule has 0 unspecified atom stereocenters. The van der Waals surface area contributed by atoms with Crippen molar-refractivity contribution in [3.05, 3.63) is 34.1 Å². The van der Waals surface area contributed by atoms with Gasteiger partial charge in [-0.15, -0.1) is 0 Å². The van der Waals surface area contributed by atoms with Crippen LogP contribution in [0.1, 0.15) is 66.2 Å². The van der Waals surface area contributed by atoms with Gasteiger partial charge in [0, 0.05) is 25.2 Å². The van der Waals surface area contributed by atoms with Gasteiger partial charge in [0.05, 0.1) is 10.5 Å². The van der Waals surface area contributed by atoms with Crippen LogP contribution in [0.5, 0.6) is 0 Å². The number of alkyl halides is 3. The summed E-state index contributed by atoms with van der Waals surface area (Å²) >= 11 is 6.39. The van der Waals surface area contributed by atoms with E-state index in [9.17, 15) is 22.8 Å². The number of carbonyl (C=O) groups is 2. The lowest BCUT2D eigenvalue weighted by atomic mass is 9.90. The van der Waals surface area contributed by atoms with E-state index in [2.05, 4.69) is 5.10 Å². The Morgan fingerprint density at radius 2 is 1.79 bits per heavy atom.